The molecule has 27 heavy (non-hydrogen) atoms. The highest BCUT2D eigenvalue weighted by Crippen LogP contribution is 2.16. The Hall–Kier alpha value is -0.870. The number of aliphatic imine (C=N–C) groups is 1. The van der Waals surface area contributed by atoms with Gasteiger partial charge in [-0.3, -0.25) is 4.79 Å². The molecule has 1 amide bonds. The van der Waals surface area contributed by atoms with Crippen molar-refractivity contribution >= 4 is 47.2 Å². The molecule has 8 heteroatoms. The molecule has 1 unspecified atom stereocenters. The number of nitrogens with zero attached hydrogens (tertiary/aromatic N) is 3. The maximum Gasteiger partial charge on any atom is 0.243 e. The van der Waals surface area contributed by atoms with E-state index in [0.717, 1.165) is 26.1 Å². The minimum Gasteiger partial charge on any atom is -0.356 e. The number of halogens is 1. The van der Waals surface area contributed by atoms with Crippen molar-refractivity contribution in [2.45, 2.75) is 45.2 Å². The lowest BCUT2D eigenvalue weighted by Gasteiger charge is -2.33. The van der Waals surface area contributed by atoms with E-state index in [1.54, 1.807) is 30.3 Å². The number of hydrogen-bond acceptors (Lipinski definition) is 4. The molecule has 2 N–H and O–H groups in total. The third-order valence-corrected chi connectivity index (χ3v) is 5.61. The summed E-state index contributed by atoms with van der Waals surface area (Å²) in [5.41, 5.74) is 0. The van der Waals surface area contributed by atoms with Gasteiger partial charge in [-0.05, 0) is 44.2 Å². The molecule has 2 heterocycles. The largest absolute Gasteiger partial charge is 0.356 e. The molecule has 2 rings (SSSR count). The predicted molar refractivity (Wildman–Crippen MR) is 125 cm³/mol. The molecule has 0 aromatic carbocycles. The van der Waals surface area contributed by atoms with Crippen molar-refractivity contribution in [2.75, 3.05) is 40.3 Å². The minimum absolute atomic E-state index is 0. The summed E-state index contributed by atoms with van der Waals surface area (Å²) in [5.74, 6) is 0.713. The molecule has 1 aromatic rings. The first-order chi connectivity index (χ1) is 12.6. The summed E-state index contributed by atoms with van der Waals surface area (Å²) < 4.78 is 0. The standard InChI is InChI=1S/C19H33N5OS.HI/c1-16-8-4-5-11-24(16)12-7-10-20-19(22-15-18(25)23(2)3)21-14-17-9-6-13-26-17;/h6,9,13,16H,4-5,7-8,10-12,14-15H2,1-3H3,(H2,20,21,22);1H. The van der Waals surface area contributed by atoms with Gasteiger partial charge in [-0.1, -0.05) is 12.5 Å². The van der Waals surface area contributed by atoms with Crippen molar-refractivity contribution in [3.05, 3.63) is 22.4 Å². The Morgan fingerprint density at radius 3 is 2.85 bits per heavy atom. The average molecular weight is 507 g/mol. The van der Waals surface area contributed by atoms with Crippen LogP contribution < -0.4 is 10.6 Å². The van der Waals surface area contributed by atoms with Gasteiger partial charge in [-0.2, -0.15) is 0 Å². The zero-order chi connectivity index (χ0) is 18.8. The summed E-state index contributed by atoms with van der Waals surface area (Å²) >= 11 is 1.71. The van der Waals surface area contributed by atoms with Gasteiger partial charge in [-0.25, -0.2) is 4.99 Å². The summed E-state index contributed by atoms with van der Waals surface area (Å²) in [4.78, 5) is 21.6. The van der Waals surface area contributed by atoms with Gasteiger partial charge < -0.3 is 20.4 Å². The van der Waals surface area contributed by atoms with E-state index in [9.17, 15) is 4.79 Å². The lowest BCUT2D eigenvalue weighted by molar-refractivity contribution is -0.127. The normalized spacial score (nSPS) is 17.9. The third kappa shape index (κ3) is 9.25. The number of carbonyl (C=O) groups excluding carboxylic acids is 1. The summed E-state index contributed by atoms with van der Waals surface area (Å²) in [6, 6.07) is 4.84. The fourth-order valence-electron chi connectivity index (χ4n) is 3.03. The lowest BCUT2D eigenvalue weighted by atomic mass is 10.0. The highest BCUT2D eigenvalue weighted by Gasteiger charge is 2.17. The van der Waals surface area contributed by atoms with Gasteiger partial charge in [0.15, 0.2) is 5.96 Å². The maximum atomic E-state index is 11.8. The van der Waals surface area contributed by atoms with Crippen LogP contribution in [0.1, 0.15) is 37.5 Å². The van der Waals surface area contributed by atoms with Crippen LogP contribution in [0.25, 0.3) is 0 Å². The molecule has 0 aliphatic carbocycles. The van der Waals surface area contributed by atoms with Crippen LogP contribution in [0, 0.1) is 0 Å². The van der Waals surface area contributed by atoms with Gasteiger partial charge >= 0.3 is 0 Å². The molecule has 6 nitrogen and oxygen atoms in total. The molecule has 1 aliphatic heterocycles. The molecule has 154 valence electrons. The molecule has 1 fully saturated rings. The molecule has 0 bridgehead atoms. The average Bonchev–Trinajstić information content (AvgIpc) is 3.14. The van der Waals surface area contributed by atoms with Crippen molar-refractivity contribution in [1.29, 1.82) is 0 Å². The van der Waals surface area contributed by atoms with E-state index in [0.29, 0.717) is 12.0 Å². The summed E-state index contributed by atoms with van der Waals surface area (Å²) in [5, 5.41) is 8.77. The van der Waals surface area contributed by atoms with Crippen molar-refractivity contribution < 1.29 is 4.79 Å². The zero-order valence-electron chi connectivity index (χ0n) is 16.7. The number of carbonyl (C=O) groups is 1. The fraction of sp³-hybridized carbons (Fsp3) is 0.684. The zero-order valence-corrected chi connectivity index (χ0v) is 19.9. The first kappa shape index (κ1) is 24.2. The number of piperidine rings is 1. The second-order valence-electron chi connectivity index (χ2n) is 7.05. The highest BCUT2D eigenvalue weighted by atomic mass is 127. The van der Waals surface area contributed by atoms with E-state index in [1.165, 1.54) is 30.7 Å². The van der Waals surface area contributed by atoms with Crippen LogP contribution in [0.4, 0.5) is 0 Å². The van der Waals surface area contributed by atoms with Crippen LogP contribution in [0.5, 0.6) is 0 Å². The number of amides is 1. The van der Waals surface area contributed by atoms with Crippen LogP contribution in [0.3, 0.4) is 0 Å². The number of rotatable bonds is 8. The monoisotopic (exact) mass is 507 g/mol. The Balaban J connectivity index is 0.00000364. The van der Waals surface area contributed by atoms with Crippen molar-refractivity contribution in [3.63, 3.8) is 0 Å². The van der Waals surface area contributed by atoms with E-state index >= 15 is 0 Å². The van der Waals surface area contributed by atoms with Crippen molar-refractivity contribution in [1.82, 2.24) is 20.4 Å². The number of hydrogen-bond donors (Lipinski definition) is 2. The topological polar surface area (TPSA) is 60.0 Å². The van der Waals surface area contributed by atoms with Crippen LogP contribution in [0.2, 0.25) is 0 Å². The van der Waals surface area contributed by atoms with Gasteiger partial charge in [0.05, 0.1) is 6.54 Å². The summed E-state index contributed by atoms with van der Waals surface area (Å²) in [6.07, 6.45) is 5.07. The quantitative estimate of drug-likeness (QED) is 0.246. The van der Waals surface area contributed by atoms with Crippen LogP contribution in [-0.4, -0.2) is 68.0 Å². The predicted octanol–water partition coefficient (Wildman–Crippen LogP) is 2.75. The van der Waals surface area contributed by atoms with Gasteiger partial charge in [-0.15, -0.1) is 35.3 Å². The van der Waals surface area contributed by atoms with Crippen LogP contribution >= 0.6 is 35.3 Å². The van der Waals surface area contributed by atoms with Crippen molar-refractivity contribution in [3.8, 4) is 0 Å². The van der Waals surface area contributed by atoms with Gasteiger partial charge in [0.25, 0.3) is 0 Å². The molecule has 0 radical (unpaired) electrons. The maximum absolute atomic E-state index is 11.8. The first-order valence-corrected chi connectivity index (χ1v) is 10.4. The molecule has 1 atom stereocenters. The smallest absolute Gasteiger partial charge is 0.243 e. The number of nitrogens with one attached hydrogen (secondary N) is 2. The Morgan fingerprint density at radius 2 is 2.19 bits per heavy atom. The summed E-state index contributed by atoms with van der Waals surface area (Å²) in [6.45, 7) is 6.41. The van der Waals surface area contributed by atoms with Crippen LogP contribution in [-0.2, 0) is 11.3 Å². The molecule has 1 aliphatic rings. The van der Waals surface area contributed by atoms with E-state index < -0.39 is 0 Å². The lowest BCUT2D eigenvalue weighted by Crippen LogP contribution is -2.41. The minimum atomic E-state index is 0. The number of likely N-dealkylation sites (tertiary alicyclic amines) is 1. The molecule has 0 saturated carbocycles. The van der Waals surface area contributed by atoms with E-state index in [1.807, 2.05) is 6.07 Å². The third-order valence-electron chi connectivity index (χ3n) is 4.74. The first-order valence-electron chi connectivity index (χ1n) is 9.55. The van der Waals surface area contributed by atoms with E-state index in [2.05, 4.69) is 38.9 Å². The van der Waals surface area contributed by atoms with E-state index in [4.69, 9.17) is 0 Å². The van der Waals surface area contributed by atoms with Crippen molar-refractivity contribution in [2.24, 2.45) is 4.99 Å². The highest BCUT2D eigenvalue weighted by molar-refractivity contribution is 14.0. The fourth-order valence-corrected chi connectivity index (χ4v) is 3.67. The Kier molecular flexibility index (Phi) is 11.9. The molecule has 0 spiro atoms. The van der Waals surface area contributed by atoms with Crippen LogP contribution in [0.15, 0.2) is 22.5 Å². The SMILES string of the molecule is CC1CCCCN1CCCNC(=NCC(=O)N(C)C)NCc1cccs1.I. The number of likely N-dealkylation sites (N-methyl/N-ethyl adjacent to an activating group) is 1. The Morgan fingerprint density at radius 1 is 1.37 bits per heavy atom. The molecule has 1 aromatic heterocycles. The second kappa shape index (κ2) is 13.3. The Labute approximate surface area is 184 Å². The van der Waals surface area contributed by atoms with Gasteiger partial charge in [0, 0.05) is 38.1 Å². The Bertz CT molecular complexity index is 564. The molecular formula is C19H34IN5OS. The second-order valence-corrected chi connectivity index (χ2v) is 8.08. The van der Waals surface area contributed by atoms with Gasteiger partial charge in [0.1, 0.15) is 6.54 Å². The molecule has 1 saturated heterocycles. The molecular weight excluding hydrogens is 473 g/mol. The number of guanidine groups is 1. The number of thiophene rings is 1. The van der Waals surface area contributed by atoms with E-state index in [-0.39, 0.29) is 36.4 Å². The summed E-state index contributed by atoms with van der Waals surface area (Å²) in [7, 11) is 3.51. The van der Waals surface area contributed by atoms with Gasteiger partial charge in [0.2, 0.25) is 5.91 Å².